The predicted molar refractivity (Wildman–Crippen MR) is 37.2 cm³/mol. The fourth-order valence-electron chi connectivity index (χ4n) is 0.819. The summed E-state index contributed by atoms with van der Waals surface area (Å²) in [6.45, 7) is 0. The van der Waals surface area contributed by atoms with E-state index in [1.165, 1.54) is 0 Å². The molecule has 0 bridgehead atoms. The van der Waals surface area contributed by atoms with Gasteiger partial charge in [-0.3, -0.25) is 0 Å². The van der Waals surface area contributed by atoms with Crippen LogP contribution in [0.3, 0.4) is 0 Å². The molecule has 0 spiro atoms. The summed E-state index contributed by atoms with van der Waals surface area (Å²) >= 11 is 0. The average Bonchev–Trinajstić information content (AvgIpc) is 2.05. The Labute approximate surface area is 58.5 Å². The topological polar surface area (TPSA) is 25.8 Å². The second-order valence-electron chi connectivity index (χ2n) is 1.96. The first-order chi connectivity index (χ1) is 4.97. The van der Waals surface area contributed by atoms with Crippen molar-refractivity contribution in [2.24, 2.45) is 0 Å². The molecule has 0 aliphatic heterocycles. The summed E-state index contributed by atoms with van der Waals surface area (Å²) in [5.41, 5.74) is 0. The lowest BCUT2D eigenvalue weighted by Crippen LogP contribution is -1.78. The van der Waals surface area contributed by atoms with Crippen LogP contribution in [0.2, 0.25) is 0 Å². The first-order valence-corrected chi connectivity index (χ1v) is 2.95. The molecular formula is C8H4N2. The quantitative estimate of drug-likeness (QED) is 0.533. The molecule has 46 valence electrons. The molecule has 0 unspecified atom stereocenters. The summed E-state index contributed by atoms with van der Waals surface area (Å²) in [6, 6.07) is 9.51. The van der Waals surface area contributed by atoms with Crippen molar-refractivity contribution >= 4 is 10.8 Å². The number of hydrogen-bond donors (Lipinski definition) is 0. The van der Waals surface area contributed by atoms with E-state index in [1.54, 1.807) is 12.4 Å². The number of fused-ring (bicyclic) bond motifs is 1. The number of nitrogens with zero attached hydrogens (tertiary/aromatic N) is 2. The third-order valence-corrected chi connectivity index (χ3v) is 1.31. The van der Waals surface area contributed by atoms with Gasteiger partial charge in [0.25, 0.3) is 0 Å². The van der Waals surface area contributed by atoms with E-state index in [-0.39, 0.29) is 0 Å². The molecule has 2 radical (unpaired) electrons. The fraction of sp³-hybridized carbons (Fsp3) is 0. The minimum atomic E-state index is 0.956. The highest BCUT2D eigenvalue weighted by Gasteiger charge is 1.88. The van der Waals surface area contributed by atoms with Crippen molar-refractivity contribution in [3.05, 3.63) is 36.7 Å². The second kappa shape index (κ2) is 2.06. The lowest BCUT2D eigenvalue weighted by Gasteiger charge is -1.89. The van der Waals surface area contributed by atoms with E-state index in [1.807, 2.05) is 12.1 Å². The van der Waals surface area contributed by atoms with Crippen molar-refractivity contribution in [2.45, 2.75) is 0 Å². The normalized spacial score (nSPS) is 10.0. The van der Waals surface area contributed by atoms with Crippen LogP contribution < -0.4 is 0 Å². The molecule has 0 aliphatic rings. The molecule has 0 amide bonds. The van der Waals surface area contributed by atoms with E-state index in [4.69, 9.17) is 0 Å². The van der Waals surface area contributed by atoms with Gasteiger partial charge >= 0.3 is 0 Å². The number of aromatic nitrogens is 2. The van der Waals surface area contributed by atoms with Gasteiger partial charge in [-0.25, -0.2) is 0 Å². The zero-order chi connectivity index (χ0) is 6.81. The van der Waals surface area contributed by atoms with Gasteiger partial charge in [0.15, 0.2) is 0 Å². The lowest BCUT2D eigenvalue weighted by molar-refractivity contribution is 1.05. The summed E-state index contributed by atoms with van der Waals surface area (Å²) in [4.78, 5) is 0. The Morgan fingerprint density at radius 3 is 3.00 bits per heavy atom. The summed E-state index contributed by atoms with van der Waals surface area (Å²) in [5, 5.41) is 9.45. The third kappa shape index (κ3) is 0.739. The summed E-state index contributed by atoms with van der Waals surface area (Å²) in [7, 11) is 0. The second-order valence-corrected chi connectivity index (χ2v) is 1.96. The molecule has 0 saturated carbocycles. The molecule has 0 fully saturated rings. The smallest absolute Gasteiger partial charge is 0.0581 e. The van der Waals surface area contributed by atoms with Gasteiger partial charge in [0.05, 0.1) is 12.4 Å². The molecule has 2 aromatic rings. The van der Waals surface area contributed by atoms with Crippen molar-refractivity contribution in [1.29, 1.82) is 0 Å². The first-order valence-electron chi connectivity index (χ1n) is 2.95. The van der Waals surface area contributed by atoms with Gasteiger partial charge in [-0.15, -0.1) is 0 Å². The molecule has 1 aromatic carbocycles. The largest absolute Gasteiger partial charge is 0.158 e. The standard InChI is InChI=1S/C8H4N2/c1-2-4-8-6-10-9-5-7(8)3-1/h1,3,5-6H. The summed E-state index contributed by atoms with van der Waals surface area (Å²) in [6.07, 6.45) is 3.38. The Kier molecular flexibility index (Phi) is 1.10. The van der Waals surface area contributed by atoms with Crippen LogP contribution in [0.4, 0.5) is 0 Å². The van der Waals surface area contributed by atoms with Crippen molar-refractivity contribution < 1.29 is 0 Å². The lowest BCUT2D eigenvalue weighted by atomic mass is 10.2. The van der Waals surface area contributed by atoms with E-state index in [2.05, 4.69) is 22.3 Å². The van der Waals surface area contributed by atoms with Crippen molar-refractivity contribution in [3.8, 4) is 0 Å². The van der Waals surface area contributed by atoms with Gasteiger partial charge in [0, 0.05) is 16.8 Å². The van der Waals surface area contributed by atoms with Crippen LogP contribution in [-0.4, -0.2) is 10.2 Å². The Morgan fingerprint density at radius 2 is 2.10 bits per heavy atom. The number of rotatable bonds is 0. The number of benzene rings is 1. The summed E-state index contributed by atoms with van der Waals surface area (Å²) < 4.78 is 0. The molecular weight excluding hydrogens is 124 g/mol. The van der Waals surface area contributed by atoms with Crippen LogP contribution in [0.25, 0.3) is 10.8 Å². The Balaban J connectivity index is 2.89. The highest BCUT2D eigenvalue weighted by atomic mass is 15.1. The molecule has 2 nitrogen and oxygen atoms in total. The average molecular weight is 128 g/mol. The SMILES string of the molecule is [c]1[c]c2cnncc2cc1. The van der Waals surface area contributed by atoms with Gasteiger partial charge in [-0.2, -0.15) is 10.2 Å². The Morgan fingerprint density at radius 1 is 1.20 bits per heavy atom. The van der Waals surface area contributed by atoms with Crippen LogP contribution in [0, 0.1) is 12.1 Å². The van der Waals surface area contributed by atoms with E-state index < -0.39 is 0 Å². The molecule has 10 heavy (non-hydrogen) atoms. The summed E-state index contributed by atoms with van der Waals surface area (Å²) in [5.74, 6) is 0. The van der Waals surface area contributed by atoms with E-state index >= 15 is 0 Å². The fourth-order valence-corrected chi connectivity index (χ4v) is 0.819. The molecule has 2 heteroatoms. The first kappa shape index (κ1) is 5.35. The molecule has 1 aromatic heterocycles. The third-order valence-electron chi connectivity index (χ3n) is 1.31. The molecule has 0 atom stereocenters. The van der Waals surface area contributed by atoms with Crippen LogP contribution in [0.5, 0.6) is 0 Å². The molecule has 1 heterocycles. The zero-order valence-electron chi connectivity index (χ0n) is 5.20. The monoisotopic (exact) mass is 128 g/mol. The van der Waals surface area contributed by atoms with Gasteiger partial charge in [0.1, 0.15) is 0 Å². The molecule has 0 N–H and O–H groups in total. The zero-order valence-corrected chi connectivity index (χ0v) is 5.20. The molecule has 0 saturated heterocycles. The maximum Gasteiger partial charge on any atom is 0.0581 e. The minimum absolute atomic E-state index is 0.956. The predicted octanol–water partition coefficient (Wildman–Crippen LogP) is 1.23. The molecule has 2 rings (SSSR count). The van der Waals surface area contributed by atoms with Crippen molar-refractivity contribution in [2.75, 3.05) is 0 Å². The van der Waals surface area contributed by atoms with Gasteiger partial charge in [0.2, 0.25) is 0 Å². The van der Waals surface area contributed by atoms with Crippen LogP contribution in [0.1, 0.15) is 0 Å². The van der Waals surface area contributed by atoms with E-state index in [0.717, 1.165) is 10.8 Å². The van der Waals surface area contributed by atoms with Gasteiger partial charge in [-0.05, 0) is 6.07 Å². The maximum absolute atomic E-state index is 3.73. The van der Waals surface area contributed by atoms with E-state index in [0.29, 0.717) is 0 Å². The van der Waals surface area contributed by atoms with Gasteiger partial charge < -0.3 is 0 Å². The maximum atomic E-state index is 3.73. The molecule has 0 aliphatic carbocycles. The van der Waals surface area contributed by atoms with Crippen molar-refractivity contribution in [1.82, 2.24) is 10.2 Å². The van der Waals surface area contributed by atoms with Crippen molar-refractivity contribution in [3.63, 3.8) is 0 Å². The van der Waals surface area contributed by atoms with E-state index in [9.17, 15) is 0 Å². The minimum Gasteiger partial charge on any atom is -0.158 e. The number of hydrogen-bond acceptors (Lipinski definition) is 2. The highest BCUT2D eigenvalue weighted by Crippen LogP contribution is 2.06. The van der Waals surface area contributed by atoms with Gasteiger partial charge in [-0.1, -0.05) is 12.1 Å². The Hall–Kier alpha value is -1.44. The van der Waals surface area contributed by atoms with Crippen LogP contribution in [0.15, 0.2) is 24.5 Å². The van der Waals surface area contributed by atoms with Crippen LogP contribution >= 0.6 is 0 Å². The highest BCUT2D eigenvalue weighted by molar-refractivity contribution is 5.79. The van der Waals surface area contributed by atoms with Crippen LogP contribution in [-0.2, 0) is 0 Å². The Bertz CT molecular complexity index is 278.